The fraction of sp³-hybridized carbons (Fsp3) is 0.400. The Bertz CT molecular complexity index is 1530. The highest BCUT2D eigenvalue weighted by Gasteiger charge is 2.49. The summed E-state index contributed by atoms with van der Waals surface area (Å²) in [5, 5.41) is 3.15. The lowest BCUT2D eigenvalue weighted by atomic mass is 9.94. The molecule has 2 fully saturated rings. The van der Waals surface area contributed by atoms with Crippen molar-refractivity contribution in [1.82, 2.24) is 20.0 Å². The summed E-state index contributed by atoms with van der Waals surface area (Å²) >= 11 is 12.5. The van der Waals surface area contributed by atoms with Gasteiger partial charge < -0.3 is 9.80 Å². The molecule has 0 bridgehead atoms. The van der Waals surface area contributed by atoms with Gasteiger partial charge in [-0.1, -0.05) is 47.5 Å². The molecule has 220 valence electrons. The van der Waals surface area contributed by atoms with Gasteiger partial charge in [0.25, 0.3) is 17.7 Å². The van der Waals surface area contributed by atoms with E-state index in [1.807, 2.05) is 18.2 Å². The Kier molecular flexibility index (Phi) is 7.57. The van der Waals surface area contributed by atoms with E-state index in [0.29, 0.717) is 35.1 Å². The first-order chi connectivity index (χ1) is 20.0. The van der Waals surface area contributed by atoms with E-state index >= 15 is 8.78 Å². The molecule has 4 aliphatic heterocycles. The highest BCUT2D eigenvalue weighted by molar-refractivity contribution is 6.43. The zero-order chi connectivity index (χ0) is 29.8. The molecular weight excluding hydrogens is 589 g/mol. The van der Waals surface area contributed by atoms with Crippen molar-refractivity contribution < 1.29 is 28.0 Å². The summed E-state index contributed by atoms with van der Waals surface area (Å²) in [6, 6.07) is 8.17. The molecule has 0 spiro atoms. The number of alkyl halides is 2. The van der Waals surface area contributed by atoms with Crippen LogP contribution >= 0.6 is 23.2 Å². The van der Waals surface area contributed by atoms with Crippen LogP contribution in [0.2, 0.25) is 10.0 Å². The number of nitrogens with zero attached hydrogens (tertiary/aromatic N) is 3. The summed E-state index contributed by atoms with van der Waals surface area (Å²) in [7, 11) is 0. The van der Waals surface area contributed by atoms with Crippen molar-refractivity contribution in [2.24, 2.45) is 0 Å². The molecule has 0 aromatic heterocycles. The number of halogens is 4. The third-order valence-corrected chi connectivity index (χ3v) is 9.42. The van der Waals surface area contributed by atoms with E-state index in [0.717, 1.165) is 16.0 Å². The molecule has 8 nitrogen and oxygen atoms in total. The van der Waals surface area contributed by atoms with Crippen molar-refractivity contribution in [2.45, 2.75) is 50.2 Å². The topological polar surface area (TPSA) is 90.0 Å². The van der Waals surface area contributed by atoms with Gasteiger partial charge in [0.2, 0.25) is 11.8 Å². The molecule has 4 amide bonds. The number of fused-ring (bicyclic) bond motifs is 1. The quantitative estimate of drug-likeness (QED) is 0.515. The third kappa shape index (κ3) is 5.20. The smallest absolute Gasteiger partial charge is 0.280 e. The van der Waals surface area contributed by atoms with Crippen molar-refractivity contribution in [1.29, 1.82) is 0 Å². The molecule has 42 heavy (non-hydrogen) atoms. The Morgan fingerprint density at radius 3 is 2.52 bits per heavy atom. The van der Waals surface area contributed by atoms with Crippen molar-refractivity contribution in [3.8, 4) is 0 Å². The average molecular weight is 617 g/mol. The van der Waals surface area contributed by atoms with Gasteiger partial charge in [-0.2, -0.15) is 0 Å². The molecule has 0 aliphatic carbocycles. The molecule has 6 rings (SSSR count). The van der Waals surface area contributed by atoms with Crippen LogP contribution in [0.5, 0.6) is 0 Å². The third-order valence-electron chi connectivity index (χ3n) is 8.60. The van der Waals surface area contributed by atoms with Crippen LogP contribution in [0, 0.1) is 0 Å². The summed E-state index contributed by atoms with van der Waals surface area (Å²) in [4.78, 5) is 54.6. The number of carbonyl (C=O) groups is 4. The van der Waals surface area contributed by atoms with Crippen LogP contribution in [-0.2, 0) is 16.1 Å². The van der Waals surface area contributed by atoms with Gasteiger partial charge in [-0.3, -0.25) is 29.4 Å². The summed E-state index contributed by atoms with van der Waals surface area (Å²) in [6.45, 7) is 0.368. The Labute approximate surface area is 251 Å². The first-order valence-corrected chi connectivity index (χ1v) is 14.6. The van der Waals surface area contributed by atoms with Gasteiger partial charge in [-0.25, -0.2) is 8.78 Å². The minimum Gasteiger partial charge on any atom is -0.332 e. The summed E-state index contributed by atoms with van der Waals surface area (Å²) in [5.41, 5.74) is 2.83. The summed E-state index contributed by atoms with van der Waals surface area (Å²) < 4.78 is 31.0. The van der Waals surface area contributed by atoms with Crippen LogP contribution in [0.25, 0.3) is 5.57 Å². The van der Waals surface area contributed by atoms with Gasteiger partial charge in [0.1, 0.15) is 6.04 Å². The lowest BCUT2D eigenvalue weighted by Gasteiger charge is -2.44. The predicted molar refractivity (Wildman–Crippen MR) is 152 cm³/mol. The van der Waals surface area contributed by atoms with Gasteiger partial charge in [-0.15, -0.1) is 0 Å². The predicted octanol–water partition coefficient (Wildman–Crippen LogP) is 4.39. The van der Waals surface area contributed by atoms with E-state index in [9.17, 15) is 19.2 Å². The average Bonchev–Trinajstić information content (AvgIpc) is 3.29. The Hall–Kier alpha value is -3.34. The fourth-order valence-electron chi connectivity index (χ4n) is 6.39. The number of carbonyl (C=O) groups excluding carboxylic acids is 4. The van der Waals surface area contributed by atoms with Crippen molar-refractivity contribution in [2.75, 3.05) is 26.2 Å². The Morgan fingerprint density at radius 1 is 1.00 bits per heavy atom. The Balaban J connectivity index is 1.11. The standard InChI is InChI=1S/C30H28Cl2F2N4O4/c31-22-3-1-2-20(26(22)32)17-8-11-36(12-9-17)24-10-13-37(16-30(24,33)34)28(41)18-4-5-19-15-38(29(42)21(19)14-18)23-6-7-25(39)35-27(23)40/h1-5,8,14,23-24H,6-7,9-13,15-16H2,(H,35,39,40). The number of likely N-dealkylation sites (tertiary alicyclic amines) is 1. The number of hydrogen-bond donors (Lipinski definition) is 1. The highest BCUT2D eigenvalue weighted by Crippen LogP contribution is 2.37. The van der Waals surface area contributed by atoms with E-state index < -0.39 is 42.3 Å². The van der Waals surface area contributed by atoms with Gasteiger partial charge in [-0.05, 0) is 54.2 Å². The van der Waals surface area contributed by atoms with Crippen LogP contribution in [0.1, 0.15) is 57.5 Å². The van der Waals surface area contributed by atoms with Crippen LogP contribution in [-0.4, -0.2) is 82.5 Å². The summed E-state index contributed by atoms with van der Waals surface area (Å²) in [5.74, 6) is -5.03. The molecule has 2 aromatic rings. The second-order valence-corrected chi connectivity index (χ2v) is 11.9. The van der Waals surface area contributed by atoms with Gasteiger partial charge in [0.15, 0.2) is 0 Å². The van der Waals surface area contributed by atoms with Crippen molar-refractivity contribution in [3.05, 3.63) is 74.8 Å². The van der Waals surface area contributed by atoms with Crippen LogP contribution in [0.3, 0.4) is 0 Å². The number of rotatable bonds is 4. The molecule has 12 heteroatoms. The molecule has 0 radical (unpaired) electrons. The largest absolute Gasteiger partial charge is 0.332 e. The fourth-order valence-corrected chi connectivity index (χ4v) is 6.81. The second kappa shape index (κ2) is 11.1. The van der Waals surface area contributed by atoms with E-state index in [1.54, 1.807) is 17.0 Å². The van der Waals surface area contributed by atoms with Gasteiger partial charge >= 0.3 is 0 Å². The van der Waals surface area contributed by atoms with Crippen molar-refractivity contribution >= 4 is 52.4 Å². The monoisotopic (exact) mass is 616 g/mol. The Morgan fingerprint density at radius 2 is 1.81 bits per heavy atom. The zero-order valence-electron chi connectivity index (χ0n) is 22.5. The highest BCUT2D eigenvalue weighted by atomic mass is 35.5. The number of nitrogens with one attached hydrogen (secondary N) is 1. The SMILES string of the molecule is O=C1CCC(N2Cc3ccc(C(=O)N4CCC(N5CC=C(c6cccc(Cl)c6Cl)CC5)C(F)(F)C4)cc3C2=O)C(=O)N1. The number of amides is 4. The molecule has 1 N–H and O–H groups in total. The minimum atomic E-state index is -3.14. The molecule has 0 saturated carbocycles. The maximum Gasteiger partial charge on any atom is 0.280 e. The maximum atomic E-state index is 15.5. The molecule has 2 aromatic carbocycles. The molecule has 2 unspecified atom stereocenters. The number of imide groups is 1. The van der Waals surface area contributed by atoms with Crippen LogP contribution in [0.15, 0.2) is 42.5 Å². The number of piperidine rings is 2. The van der Waals surface area contributed by atoms with Gasteiger partial charge in [0, 0.05) is 43.7 Å². The number of hydrogen-bond acceptors (Lipinski definition) is 5. The number of benzene rings is 2. The molecule has 2 saturated heterocycles. The zero-order valence-corrected chi connectivity index (χ0v) is 24.1. The second-order valence-electron chi connectivity index (χ2n) is 11.1. The first-order valence-electron chi connectivity index (χ1n) is 13.9. The molecular formula is C30H28Cl2F2N4O4. The lowest BCUT2D eigenvalue weighted by molar-refractivity contribution is -0.136. The summed E-state index contributed by atoms with van der Waals surface area (Å²) in [6.07, 6.45) is 2.92. The van der Waals surface area contributed by atoms with E-state index in [1.165, 1.54) is 17.0 Å². The minimum absolute atomic E-state index is 0.104. The molecule has 2 atom stereocenters. The maximum absolute atomic E-state index is 15.5. The van der Waals surface area contributed by atoms with Crippen molar-refractivity contribution in [3.63, 3.8) is 0 Å². The van der Waals surface area contributed by atoms with Gasteiger partial charge in [0.05, 0.1) is 22.6 Å². The van der Waals surface area contributed by atoms with Crippen LogP contribution < -0.4 is 5.32 Å². The van der Waals surface area contributed by atoms with Crippen LogP contribution in [0.4, 0.5) is 8.78 Å². The molecule has 4 aliphatic rings. The van der Waals surface area contributed by atoms with E-state index in [-0.39, 0.29) is 49.4 Å². The molecule has 4 heterocycles. The first kappa shape index (κ1) is 28.8. The van der Waals surface area contributed by atoms with E-state index in [4.69, 9.17) is 23.2 Å². The lowest BCUT2D eigenvalue weighted by Crippen LogP contribution is -2.60. The normalized spacial score (nSPS) is 24.4. The van der Waals surface area contributed by atoms with E-state index in [2.05, 4.69) is 5.32 Å².